The molecule has 0 spiro atoms. The van der Waals surface area contributed by atoms with Crippen LogP contribution in [0.4, 0.5) is 5.69 Å². The lowest BCUT2D eigenvalue weighted by Crippen LogP contribution is -2.38. The summed E-state index contributed by atoms with van der Waals surface area (Å²) in [5, 5.41) is 14.9. The van der Waals surface area contributed by atoms with Crippen LogP contribution in [0.1, 0.15) is 42.8 Å². The quantitative estimate of drug-likeness (QED) is 0.706. The Kier molecular flexibility index (Phi) is 6.50. The van der Waals surface area contributed by atoms with Crippen molar-refractivity contribution in [3.63, 3.8) is 0 Å². The molecular weight excluding hydrogens is 392 g/mol. The van der Waals surface area contributed by atoms with Crippen molar-refractivity contribution in [1.82, 2.24) is 9.29 Å². The van der Waals surface area contributed by atoms with Crippen LogP contribution in [0.5, 0.6) is 0 Å². The van der Waals surface area contributed by atoms with Crippen molar-refractivity contribution in [2.24, 2.45) is 0 Å². The number of nitriles is 1. The Morgan fingerprint density at radius 3 is 2.54 bits per heavy atom. The lowest BCUT2D eigenvalue weighted by molar-refractivity contribution is 0.286. The van der Waals surface area contributed by atoms with Gasteiger partial charge in [-0.25, -0.2) is 13.4 Å². The fraction of sp³-hybridized carbons (Fsp3) is 0.400. The number of thiazole rings is 1. The summed E-state index contributed by atoms with van der Waals surface area (Å²) < 4.78 is 27.3. The fourth-order valence-electron chi connectivity index (χ4n) is 3.31. The minimum Gasteiger partial charge on any atom is -0.360 e. The predicted octanol–water partition coefficient (Wildman–Crippen LogP) is 4.38. The van der Waals surface area contributed by atoms with Crippen LogP contribution in [0.3, 0.4) is 0 Å². The molecule has 1 aliphatic carbocycles. The number of aryl methyl sites for hydroxylation is 1. The van der Waals surface area contributed by atoms with Crippen molar-refractivity contribution in [2.75, 3.05) is 12.4 Å². The molecule has 1 heterocycles. The molecule has 1 fully saturated rings. The molecule has 1 N–H and O–H groups in total. The summed E-state index contributed by atoms with van der Waals surface area (Å²) in [5.74, 6) is 0. The molecule has 1 aromatic heterocycles. The van der Waals surface area contributed by atoms with E-state index in [1.165, 1.54) is 22.1 Å². The molecule has 0 atom stereocenters. The van der Waals surface area contributed by atoms with E-state index in [1.807, 2.05) is 12.3 Å². The van der Waals surface area contributed by atoms with Crippen LogP contribution in [-0.2, 0) is 10.0 Å². The zero-order valence-corrected chi connectivity index (χ0v) is 17.7. The molecule has 1 saturated carbocycles. The molecule has 3 rings (SSSR count). The highest BCUT2D eigenvalue weighted by Gasteiger charge is 2.28. The van der Waals surface area contributed by atoms with Crippen LogP contribution in [0.25, 0.3) is 5.57 Å². The van der Waals surface area contributed by atoms with Crippen molar-refractivity contribution in [1.29, 1.82) is 5.26 Å². The van der Waals surface area contributed by atoms with Gasteiger partial charge in [0.25, 0.3) is 0 Å². The maximum Gasteiger partial charge on any atom is 0.243 e. The topological polar surface area (TPSA) is 86.1 Å². The van der Waals surface area contributed by atoms with Crippen LogP contribution < -0.4 is 5.32 Å². The molecule has 0 amide bonds. The molecule has 1 aromatic carbocycles. The number of nitrogens with one attached hydrogen (secondary N) is 1. The lowest BCUT2D eigenvalue weighted by atomic mass is 9.96. The predicted molar refractivity (Wildman–Crippen MR) is 112 cm³/mol. The molecule has 0 bridgehead atoms. The van der Waals surface area contributed by atoms with Gasteiger partial charge in [-0.05, 0) is 44.0 Å². The Bertz CT molecular complexity index is 982. The van der Waals surface area contributed by atoms with Gasteiger partial charge < -0.3 is 5.32 Å². The zero-order chi connectivity index (χ0) is 20.1. The third-order valence-electron chi connectivity index (χ3n) is 4.97. The first-order valence-corrected chi connectivity index (χ1v) is 11.6. The molecule has 0 aliphatic heterocycles. The van der Waals surface area contributed by atoms with Crippen LogP contribution in [0.15, 0.2) is 40.7 Å². The third-order valence-corrected chi connectivity index (χ3v) is 7.89. The van der Waals surface area contributed by atoms with Crippen molar-refractivity contribution in [3.05, 3.63) is 46.5 Å². The van der Waals surface area contributed by atoms with Gasteiger partial charge in [0.2, 0.25) is 10.0 Å². The first kappa shape index (κ1) is 20.5. The lowest BCUT2D eigenvalue weighted by Gasteiger charge is -2.30. The number of benzene rings is 1. The molecule has 6 nitrogen and oxygen atoms in total. The number of sulfonamides is 1. The average Bonchev–Trinajstić information content (AvgIpc) is 3.15. The first-order chi connectivity index (χ1) is 13.4. The van der Waals surface area contributed by atoms with Crippen molar-refractivity contribution < 1.29 is 8.42 Å². The van der Waals surface area contributed by atoms with E-state index in [1.54, 1.807) is 37.5 Å². The standard InChI is InChI=1S/C20H24N4O2S2/c1-15-14-27-20(23-15)16(12-21)13-22-17-8-10-19(11-9-17)28(25,26)24(2)18-6-4-3-5-7-18/h8-11,13-14,18,22H,3-7H2,1-2H3/b16-13+. The van der Waals surface area contributed by atoms with Gasteiger partial charge in [0.15, 0.2) is 0 Å². The van der Waals surface area contributed by atoms with E-state index in [2.05, 4.69) is 16.4 Å². The molecule has 0 radical (unpaired) electrons. The summed E-state index contributed by atoms with van der Waals surface area (Å²) in [6.07, 6.45) is 6.79. The maximum absolute atomic E-state index is 12.9. The highest BCUT2D eigenvalue weighted by molar-refractivity contribution is 7.89. The van der Waals surface area contributed by atoms with Crippen molar-refractivity contribution in [2.45, 2.75) is 50.0 Å². The monoisotopic (exact) mass is 416 g/mol. The second kappa shape index (κ2) is 8.86. The molecule has 1 aliphatic rings. The second-order valence-electron chi connectivity index (χ2n) is 6.95. The molecule has 8 heteroatoms. The van der Waals surface area contributed by atoms with Gasteiger partial charge in [0.05, 0.1) is 4.90 Å². The molecule has 2 aromatic rings. The third kappa shape index (κ3) is 4.61. The Morgan fingerprint density at radius 2 is 1.96 bits per heavy atom. The SMILES string of the molecule is Cc1csc(/C(C#N)=C/Nc2ccc(S(=O)(=O)N(C)C3CCCCC3)cc2)n1. The number of aromatic nitrogens is 1. The first-order valence-electron chi connectivity index (χ1n) is 9.29. The zero-order valence-electron chi connectivity index (χ0n) is 16.1. The Balaban J connectivity index is 1.72. The molecule has 148 valence electrons. The van der Waals surface area contributed by atoms with E-state index in [4.69, 9.17) is 0 Å². The van der Waals surface area contributed by atoms with Crippen LogP contribution in [-0.4, -0.2) is 30.8 Å². The number of hydrogen-bond donors (Lipinski definition) is 1. The maximum atomic E-state index is 12.9. The summed E-state index contributed by atoms with van der Waals surface area (Å²) in [4.78, 5) is 4.59. The van der Waals surface area contributed by atoms with Gasteiger partial charge in [-0.15, -0.1) is 11.3 Å². The molecule has 0 unspecified atom stereocenters. The fourth-order valence-corrected chi connectivity index (χ4v) is 5.48. The normalized spacial score (nSPS) is 16.1. The Hall–Kier alpha value is -2.21. The number of allylic oxidation sites excluding steroid dienone is 1. The summed E-state index contributed by atoms with van der Waals surface area (Å²) in [7, 11) is -1.83. The second-order valence-corrected chi connectivity index (χ2v) is 9.80. The van der Waals surface area contributed by atoms with E-state index >= 15 is 0 Å². The van der Waals surface area contributed by atoms with Crippen LogP contribution in [0.2, 0.25) is 0 Å². The van der Waals surface area contributed by atoms with E-state index in [0.29, 0.717) is 16.3 Å². The van der Waals surface area contributed by atoms with E-state index in [0.717, 1.165) is 31.4 Å². The Morgan fingerprint density at radius 1 is 1.29 bits per heavy atom. The summed E-state index contributed by atoms with van der Waals surface area (Å²) in [6, 6.07) is 8.84. The summed E-state index contributed by atoms with van der Waals surface area (Å²) in [5.41, 5.74) is 2.02. The van der Waals surface area contributed by atoms with Crippen molar-refractivity contribution in [3.8, 4) is 6.07 Å². The number of rotatable bonds is 6. The summed E-state index contributed by atoms with van der Waals surface area (Å²) >= 11 is 1.41. The highest BCUT2D eigenvalue weighted by Crippen LogP contribution is 2.27. The van der Waals surface area contributed by atoms with Gasteiger partial charge in [-0.3, -0.25) is 0 Å². The average molecular weight is 417 g/mol. The van der Waals surface area contributed by atoms with E-state index < -0.39 is 10.0 Å². The highest BCUT2D eigenvalue weighted by atomic mass is 32.2. The minimum atomic E-state index is -3.50. The van der Waals surface area contributed by atoms with Crippen LogP contribution >= 0.6 is 11.3 Å². The van der Waals surface area contributed by atoms with Gasteiger partial charge in [-0.2, -0.15) is 9.57 Å². The minimum absolute atomic E-state index is 0.0828. The summed E-state index contributed by atoms with van der Waals surface area (Å²) in [6.45, 7) is 1.88. The molecule has 0 saturated heterocycles. The van der Waals surface area contributed by atoms with E-state index in [9.17, 15) is 13.7 Å². The van der Waals surface area contributed by atoms with Crippen molar-refractivity contribution >= 4 is 32.6 Å². The van der Waals surface area contributed by atoms with Gasteiger partial charge >= 0.3 is 0 Å². The smallest absolute Gasteiger partial charge is 0.243 e. The van der Waals surface area contributed by atoms with Gasteiger partial charge in [-0.1, -0.05) is 19.3 Å². The van der Waals surface area contributed by atoms with Gasteiger partial charge in [0, 0.05) is 36.1 Å². The van der Waals surface area contributed by atoms with Crippen LogP contribution in [0, 0.1) is 18.3 Å². The number of hydrogen-bond acceptors (Lipinski definition) is 6. The molecule has 28 heavy (non-hydrogen) atoms. The molecular formula is C20H24N4O2S2. The largest absolute Gasteiger partial charge is 0.360 e. The number of anilines is 1. The van der Waals surface area contributed by atoms with E-state index in [-0.39, 0.29) is 10.9 Å². The Labute approximate surface area is 170 Å². The number of nitrogens with zero attached hydrogens (tertiary/aromatic N) is 3. The van der Waals surface area contributed by atoms with Gasteiger partial charge in [0.1, 0.15) is 16.6 Å².